The number of aryl methyl sites for hydroxylation is 1. The average molecular weight is 332 g/mol. The zero-order chi connectivity index (χ0) is 16.8. The summed E-state index contributed by atoms with van der Waals surface area (Å²) in [6.45, 7) is 8.39. The summed E-state index contributed by atoms with van der Waals surface area (Å²) >= 11 is 1.04. The van der Waals surface area contributed by atoms with Crippen LogP contribution in [0.4, 0.5) is 4.79 Å². The van der Waals surface area contributed by atoms with Gasteiger partial charge in [-0.25, -0.2) is 0 Å². The molecule has 1 heterocycles. The molecule has 23 heavy (non-hydrogen) atoms. The maximum atomic E-state index is 12.6. The third-order valence-electron chi connectivity index (χ3n) is 3.77. The van der Waals surface area contributed by atoms with Gasteiger partial charge in [0.1, 0.15) is 0 Å². The highest BCUT2D eigenvalue weighted by Crippen LogP contribution is 2.32. The summed E-state index contributed by atoms with van der Waals surface area (Å²) < 4.78 is 0. The number of amides is 2. The van der Waals surface area contributed by atoms with Gasteiger partial charge in [-0.1, -0.05) is 38.1 Å². The Morgan fingerprint density at radius 2 is 1.78 bits per heavy atom. The Labute approximate surface area is 142 Å². The van der Waals surface area contributed by atoms with Gasteiger partial charge in [0.25, 0.3) is 11.1 Å². The number of benzene rings is 1. The molecule has 5 heteroatoms. The molecule has 0 aliphatic carbocycles. The van der Waals surface area contributed by atoms with Crippen molar-refractivity contribution in [3.8, 4) is 0 Å². The Kier molecular flexibility index (Phi) is 6.42. The molecule has 2 amide bonds. The molecule has 4 nitrogen and oxygen atoms in total. The van der Waals surface area contributed by atoms with Gasteiger partial charge in [-0.15, -0.1) is 0 Å². The fraction of sp³-hybridized carbons (Fsp3) is 0.444. The lowest BCUT2D eigenvalue weighted by Crippen LogP contribution is -2.41. The fourth-order valence-electron chi connectivity index (χ4n) is 2.60. The van der Waals surface area contributed by atoms with Gasteiger partial charge in [0.2, 0.25) is 0 Å². The number of nitrogens with zero attached hydrogens (tertiary/aromatic N) is 2. The number of hydrogen-bond acceptors (Lipinski definition) is 4. The molecule has 1 aliphatic heterocycles. The van der Waals surface area contributed by atoms with Crippen molar-refractivity contribution in [3.05, 3.63) is 40.3 Å². The third kappa shape index (κ3) is 4.45. The lowest BCUT2D eigenvalue weighted by atomic mass is 10.1. The molecule has 0 aromatic heterocycles. The van der Waals surface area contributed by atoms with Gasteiger partial charge in [0.05, 0.1) is 11.6 Å². The zero-order valence-corrected chi connectivity index (χ0v) is 14.9. The molecular formula is C18H24N2O2S. The normalized spacial score (nSPS) is 16.9. The van der Waals surface area contributed by atoms with E-state index in [1.165, 1.54) is 4.90 Å². The van der Waals surface area contributed by atoms with Crippen molar-refractivity contribution in [2.45, 2.75) is 33.6 Å². The largest absolute Gasteiger partial charge is 0.294 e. The lowest BCUT2D eigenvalue weighted by molar-refractivity contribution is -0.124. The minimum absolute atomic E-state index is 0.174. The summed E-state index contributed by atoms with van der Waals surface area (Å²) in [7, 11) is 0. The second-order valence-electron chi connectivity index (χ2n) is 5.73. The number of thioether (sulfide) groups is 1. The van der Waals surface area contributed by atoms with Gasteiger partial charge in [-0.05, 0) is 61.8 Å². The number of rotatable bonds is 7. The first-order chi connectivity index (χ1) is 11.1. The Morgan fingerprint density at radius 3 is 2.39 bits per heavy atom. The third-order valence-corrected chi connectivity index (χ3v) is 4.68. The van der Waals surface area contributed by atoms with Crippen LogP contribution in [0.3, 0.4) is 0 Å². The lowest BCUT2D eigenvalue weighted by Gasteiger charge is -2.25. The van der Waals surface area contributed by atoms with Crippen LogP contribution < -0.4 is 0 Å². The summed E-state index contributed by atoms with van der Waals surface area (Å²) in [5, 5.41) is -0.174. The van der Waals surface area contributed by atoms with Gasteiger partial charge < -0.3 is 0 Å². The summed E-state index contributed by atoms with van der Waals surface area (Å²) in [5.41, 5.74) is 2.08. The van der Waals surface area contributed by atoms with E-state index in [1.807, 2.05) is 37.3 Å². The number of carbonyl (C=O) groups is 2. The Morgan fingerprint density at radius 1 is 1.13 bits per heavy atom. The average Bonchev–Trinajstić information content (AvgIpc) is 2.78. The molecule has 1 aromatic carbocycles. The van der Waals surface area contributed by atoms with Gasteiger partial charge >= 0.3 is 0 Å². The molecular weight excluding hydrogens is 308 g/mol. The summed E-state index contributed by atoms with van der Waals surface area (Å²) in [6, 6.07) is 7.86. The van der Waals surface area contributed by atoms with Crippen LogP contribution in [-0.2, 0) is 4.79 Å². The van der Waals surface area contributed by atoms with Crippen molar-refractivity contribution >= 4 is 29.0 Å². The molecule has 0 spiro atoms. The monoisotopic (exact) mass is 332 g/mol. The van der Waals surface area contributed by atoms with E-state index in [4.69, 9.17) is 0 Å². The Balaban J connectivity index is 2.15. The van der Waals surface area contributed by atoms with Crippen LogP contribution in [0, 0.1) is 6.92 Å². The minimum atomic E-state index is -0.180. The topological polar surface area (TPSA) is 40.6 Å². The highest BCUT2D eigenvalue weighted by atomic mass is 32.2. The standard InChI is InChI=1S/C18H24N2O2S/c1-4-10-19(11-5-2)13-20-17(21)16(23-18(20)22)12-15-9-7-6-8-14(15)3/h6-9,12H,4-5,10-11,13H2,1-3H3/b16-12+. The van der Waals surface area contributed by atoms with Gasteiger partial charge in [-0.3, -0.25) is 19.4 Å². The van der Waals surface area contributed by atoms with E-state index in [-0.39, 0.29) is 11.1 Å². The second kappa shape index (κ2) is 8.31. The Bertz CT molecular complexity index is 607. The predicted octanol–water partition coefficient (Wildman–Crippen LogP) is 4.11. The number of hydrogen-bond donors (Lipinski definition) is 0. The molecule has 0 atom stereocenters. The minimum Gasteiger partial charge on any atom is -0.286 e. The van der Waals surface area contributed by atoms with E-state index in [9.17, 15) is 9.59 Å². The van der Waals surface area contributed by atoms with Crippen molar-refractivity contribution in [1.82, 2.24) is 9.80 Å². The molecule has 0 N–H and O–H groups in total. The van der Waals surface area contributed by atoms with E-state index < -0.39 is 0 Å². The van der Waals surface area contributed by atoms with Gasteiger partial charge in [0, 0.05) is 0 Å². The predicted molar refractivity (Wildman–Crippen MR) is 96.0 cm³/mol. The smallest absolute Gasteiger partial charge is 0.286 e. The fourth-order valence-corrected chi connectivity index (χ4v) is 3.42. The number of carbonyl (C=O) groups excluding carboxylic acids is 2. The van der Waals surface area contributed by atoms with Crippen LogP contribution in [0.15, 0.2) is 29.2 Å². The Hall–Kier alpha value is -1.59. The van der Waals surface area contributed by atoms with Crippen molar-refractivity contribution in [2.75, 3.05) is 19.8 Å². The molecule has 1 aromatic rings. The molecule has 1 saturated heterocycles. The summed E-state index contributed by atoms with van der Waals surface area (Å²) in [5.74, 6) is -0.180. The summed E-state index contributed by atoms with van der Waals surface area (Å²) in [4.78, 5) is 28.8. The van der Waals surface area contributed by atoms with Crippen molar-refractivity contribution in [2.24, 2.45) is 0 Å². The van der Waals surface area contributed by atoms with Crippen molar-refractivity contribution < 1.29 is 9.59 Å². The van der Waals surface area contributed by atoms with Crippen LogP contribution >= 0.6 is 11.8 Å². The molecule has 0 radical (unpaired) electrons. The van der Waals surface area contributed by atoms with Crippen LogP contribution in [0.25, 0.3) is 6.08 Å². The van der Waals surface area contributed by atoms with Crippen molar-refractivity contribution in [3.63, 3.8) is 0 Å². The summed E-state index contributed by atoms with van der Waals surface area (Å²) in [6.07, 6.45) is 3.84. The first-order valence-electron chi connectivity index (χ1n) is 8.10. The maximum Gasteiger partial charge on any atom is 0.294 e. The molecule has 124 valence electrons. The highest BCUT2D eigenvalue weighted by molar-refractivity contribution is 8.18. The van der Waals surface area contributed by atoms with E-state index in [2.05, 4.69) is 18.7 Å². The molecule has 0 bridgehead atoms. The van der Waals surface area contributed by atoms with E-state index in [0.29, 0.717) is 11.6 Å². The zero-order valence-electron chi connectivity index (χ0n) is 14.0. The van der Waals surface area contributed by atoms with Crippen LogP contribution in [-0.4, -0.2) is 40.7 Å². The molecule has 1 fully saturated rings. The van der Waals surface area contributed by atoms with E-state index in [0.717, 1.165) is 48.8 Å². The maximum absolute atomic E-state index is 12.6. The van der Waals surface area contributed by atoms with Gasteiger partial charge in [0.15, 0.2) is 0 Å². The molecule has 2 rings (SSSR count). The van der Waals surface area contributed by atoms with Crippen LogP contribution in [0.1, 0.15) is 37.8 Å². The van der Waals surface area contributed by atoms with Crippen molar-refractivity contribution in [1.29, 1.82) is 0 Å². The van der Waals surface area contributed by atoms with E-state index >= 15 is 0 Å². The highest BCUT2D eigenvalue weighted by Gasteiger charge is 2.35. The SMILES string of the molecule is CCCN(CCC)CN1C(=O)S/C(=C/c2ccccc2C)C1=O. The first-order valence-corrected chi connectivity index (χ1v) is 8.91. The van der Waals surface area contributed by atoms with Gasteiger partial charge in [-0.2, -0.15) is 0 Å². The first kappa shape index (κ1) is 17.8. The van der Waals surface area contributed by atoms with E-state index in [1.54, 1.807) is 0 Å². The number of imide groups is 1. The second-order valence-corrected chi connectivity index (χ2v) is 6.72. The molecule has 0 unspecified atom stereocenters. The molecule has 0 saturated carbocycles. The van der Waals surface area contributed by atoms with Crippen LogP contribution in [0.5, 0.6) is 0 Å². The van der Waals surface area contributed by atoms with Crippen LogP contribution in [0.2, 0.25) is 0 Å². The quantitative estimate of drug-likeness (QED) is 0.705. The molecule has 1 aliphatic rings.